The van der Waals surface area contributed by atoms with Gasteiger partial charge in [0.1, 0.15) is 5.92 Å². The van der Waals surface area contributed by atoms with E-state index in [0.717, 1.165) is 0 Å². The molecule has 1 fully saturated rings. The van der Waals surface area contributed by atoms with Gasteiger partial charge in [0.05, 0.1) is 10.7 Å². The first-order valence-corrected chi connectivity index (χ1v) is 7.54. The van der Waals surface area contributed by atoms with Crippen LogP contribution in [-0.4, -0.2) is 31.4 Å². The lowest BCUT2D eigenvalue weighted by Gasteiger charge is -2.18. The summed E-state index contributed by atoms with van der Waals surface area (Å²) >= 11 is 12.0. The first kappa shape index (κ1) is 19.0. The summed E-state index contributed by atoms with van der Waals surface area (Å²) in [4.78, 5) is 25.9. The Balaban J connectivity index is 0.00000242. The second-order valence-electron chi connectivity index (χ2n) is 4.86. The zero-order valence-electron chi connectivity index (χ0n) is 11.9. The van der Waals surface area contributed by atoms with Crippen molar-refractivity contribution in [2.45, 2.75) is 12.8 Å². The highest BCUT2D eigenvalue weighted by Crippen LogP contribution is 2.33. The number of halogens is 3. The summed E-state index contributed by atoms with van der Waals surface area (Å²) in [7, 11) is 0. The molecule has 1 heterocycles. The third kappa shape index (κ3) is 4.26. The lowest BCUT2D eigenvalue weighted by atomic mass is 10.1. The highest BCUT2D eigenvalue weighted by Gasteiger charge is 2.38. The normalized spacial score (nSPS) is 17.3. The van der Waals surface area contributed by atoms with Gasteiger partial charge < -0.3 is 16.0 Å². The van der Waals surface area contributed by atoms with E-state index in [1.165, 1.54) is 4.90 Å². The minimum atomic E-state index is -0.669. The fourth-order valence-corrected chi connectivity index (χ4v) is 2.68. The molecule has 1 aromatic carbocycles. The van der Waals surface area contributed by atoms with Crippen LogP contribution in [0.15, 0.2) is 18.2 Å². The lowest BCUT2D eigenvalue weighted by molar-refractivity contribution is -0.132. The van der Waals surface area contributed by atoms with E-state index in [1.807, 2.05) is 0 Å². The Labute approximate surface area is 145 Å². The Morgan fingerprint density at radius 1 is 1.41 bits per heavy atom. The number of nitrogens with one attached hydrogen (secondary N) is 1. The smallest absolute Gasteiger partial charge is 0.239 e. The molecule has 0 aromatic heterocycles. The average molecular weight is 367 g/mol. The summed E-state index contributed by atoms with van der Waals surface area (Å²) in [6.07, 6.45) is 1.16. The maximum atomic E-state index is 12.4. The number of carbonyl (C=O) groups is 2. The number of benzene rings is 1. The Morgan fingerprint density at radius 3 is 2.82 bits per heavy atom. The number of nitrogens with two attached hydrogens (primary N) is 1. The van der Waals surface area contributed by atoms with Crippen LogP contribution in [0.4, 0.5) is 5.69 Å². The van der Waals surface area contributed by atoms with Gasteiger partial charge in [0.15, 0.2) is 0 Å². The van der Waals surface area contributed by atoms with E-state index < -0.39 is 5.92 Å². The van der Waals surface area contributed by atoms with Crippen molar-refractivity contribution in [2.75, 3.05) is 24.5 Å². The Morgan fingerprint density at radius 2 is 2.14 bits per heavy atom. The predicted molar refractivity (Wildman–Crippen MR) is 90.9 cm³/mol. The Kier molecular flexibility index (Phi) is 7.42. The van der Waals surface area contributed by atoms with E-state index in [2.05, 4.69) is 5.32 Å². The predicted octanol–water partition coefficient (Wildman–Crippen LogP) is 2.23. The van der Waals surface area contributed by atoms with Crippen molar-refractivity contribution < 1.29 is 9.59 Å². The summed E-state index contributed by atoms with van der Waals surface area (Å²) in [6.45, 7) is 1.44. The van der Waals surface area contributed by atoms with E-state index >= 15 is 0 Å². The van der Waals surface area contributed by atoms with Gasteiger partial charge in [-0.05, 0) is 37.6 Å². The molecular weight excluding hydrogens is 349 g/mol. The van der Waals surface area contributed by atoms with Crippen molar-refractivity contribution in [3.63, 3.8) is 0 Å². The lowest BCUT2D eigenvalue weighted by Crippen LogP contribution is -2.37. The number of amides is 2. The summed E-state index contributed by atoms with van der Waals surface area (Å²) in [5.41, 5.74) is 5.92. The van der Waals surface area contributed by atoms with Crippen molar-refractivity contribution in [3.05, 3.63) is 28.2 Å². The molecule has 1 aliphatic heterocycles. The fraction of sp³-hybridized carbons (Fsp3) is 0.429. The number of carbonyl (C=O) groups excluding carboxylic acids is 2. The van der Waals surface area contributed by atoms with Gasteiger partial charge in [-0.1, -0.05) is 23.2 Å². The molecule has 8 heteroatoms. The van der Waals surface area contributed by atoms with Gasteiger partial charge in [0.25, 0.3) is 0 Å². The van der Waals surface area contributed by atoms with Crippen molar-refractivity contribution >= 4 is 53.1 Å². The van der Waals surface area contributed by atoms with E-state index in [-0.39, 0.29) is 24.2 Å². The molecule has 1 atom stereocenters. The number of nitrogens with zero attached hydrogens (tertiary/aromatic N) is 1. The molecule has 1 saturated heterocycles. The maximum Gasteiger partial charge on any atom is 0.239 e. The molecule has 0 aliphatic carbocycles. The first-order chi connectivity index (χ1) is 10.0. The maximum absolute atomic E-state index is 12.4. The van der Waals surface area contributed by atoms with E-state index in [9.17, 15) is 9.59 Å². The van der Waals surface area contributed by atoms with E-state index in [1.54, 1.807) is 18.2 Å². The van der Waals surface area contributed by atoms with Crippen molar-refractivity contribution in [2.24, 2.45) is 11.7 Å². The van der Waals surface area contributed by atoms with Crippen LogP contribution in [0.3, 0.4) is 0 Å². The molecule has 5 nitrogen and oxygen atoms in total. The molecule has 0 spiro atoms. The van der Waals surface area contributed by atoms with Crippen LogP contribution in [-0.2, 0) is 9.59 Å². The second-order valence-corrected chi connectivity index (χ2v) is 5.70. The van der Waals surface area contributed by atoms with Crippen LogP contribution in [0, 0.1) is 5.92 Å². The minimum Gasteiger partial charge on any atom is -0.355 e. The summed E-state index contributed by atoms with van der Waals surface area (Å²) < 4.78 is 0. The quantitative estimate of drug-likeness (QED) is 0.620. The third-order valence-corrected chi connectivity index (χ3v) is 3.96. The second kappa shape index (κ2) is 8.58. The number of hydrogen-bond acceptors (Lipinski definition) is 3. The standard InChI is InChI=1S/C14H17Cl2N3O2.ClH/c15-9-2-3-11(16)12(8-9)19-7-4-10(14(19)21)13(20)18-6-1-5-17;/h2-3,8,10H,1,4-7,17H2,(H,18,20);1H. The molecule has 0 saturated carbocycles. The van der Waals surface area contributed by atoms with Gasteiger partial charge in [-0.2, -0.15) is 0 Å². The summed E-state index contributed by atoms with van der Waals surface area (Å²) in [5, 5.41) is 3.67. The van der Waals surface area contributed by atoms with E-state index in [4.69, 9.17) is 28.9 Å². The molecule has 22 heavy (non-hydrogen) atoms. The molecule has 2 amide bonds. The van der Waals surface area contributed by atoms with Crippen LogP contribution < -0.4 is 16.0 Å². The van der Waals surface area contributed by atoms with Crippen LogP contribution in [0.2, 0.25) is 10.0 Å². The summed E-state index contributed by atoms with van der Waals surface area (Å²) in [5.74, 6) is -1.17. The molecule has 2 rings (SSSR count). The number of rotatable bonds is 5. The average Bonchev–Trinajstić information content (AvgIpc) is 2.83. The fourth-order valence-electron chi connectivity index (χ4n) is 2.29. The molecule has 1 aromatic rings. The Hall–Kier alpha value is -1.01. The molecule has 1 aliphatic rings. The molecule has 1 unspecified atom stereocenters. The first-order valence-electron chi connectivity index (χ1n) is 6.79. The summed E-state index contributed by atoms with van der Waals surface area (Å²) in [6, 6.07) is 4.93. The molecule has 122 valence electrons. The topological polar surface area (TPSA) is 75.4 Å². The van der Waals surface area contributed by atoms with Crippen LogP contribution >= 0.6 is 35.6 Å². The highest BCUT2D eigenvalue weighted by atomic mass is 35.5. The van der Waals surface area contributed by atoms with Gasteiger partial charge in [0, 0.05) is 18.1 Å². The van der Waals surface area contributed by atoms with Gasteiger partial charge >= 0.3 is 0 Å². The van der Waals surface area contributed by atoms with Crippen LogP contribution in [0.5, 0.6) is 0 Å². The molecule has 0 bridgehead atoms. The van der Waals surface area contributed by atoms with Gasteiger partial charge in [-0.15, -0.1) is 12.4 Å². The van der Waals surface area contributed by atoms with Crippen molar-refractivity contribution in [3.8, 4) is 0 Å². The monoisotopic (exact) mass is 365 g/mol. The van der Waals surface area contributed by atoms with Crippen LogP contribution in [0.1, 0.15) is 12.8 Å². The Bertz CT molecular complexity index is 554. The van der Waals surface area contributed by atoms with Gasteiger partial charge in [-0.25, -0.2) is 0 Å². The number of anilines is 1. The highest BCUT2D eigenvalue weighted by molar-refractivity contribution is 6.36. The minimum absolute atomic E-state index is 0. The third-order valence-electron chi connectivity index (χ3n) is 3.40. The molecule has 0 radical (unpaired) electrons. The molecule has 3 N–H and O–H groups in total. The molecular formula is C14H18Cl3N3O2. The van der Waals surface area contributed by atoms with Crippen LogP contribution in [0.25, 0.3) is 0 Å². The van der Waals surface area contributed by atoms with Gasteiger partial charge in [0.2, 0.25) is 11.8 Å². The SMILES string of the molecule is Cl.NCCCNC(=O)C1CCN(c2cc(Cl)ccc2Cl)C1=O. The van der Waals surface area contributed by atoms with Crippen molar-refractivity contribution in [1.82, 2.24) is 5.32 Å². The largest absolute Gasteiger partial charge is 0.355 e. The zero-order valence-corrected chi connectivity index (χ0v) is 14.2. The zero-order chi connectivity index (χ0) is 15.4. The van der Waals surface area contributed by atoms with Crippen molar-refractivity contribution in [1.29, 1.82) is 0 Å². The van der Waals surface area contributed by atoms with E-state index in [0.29, 0.717) is 48.2 Å². The van der Waals surface area contributed by atoms with Gasteiger partial charge in [-0.3, -0.25) is 9.59 Å². The number of hydrogen-bond donors (Lipinski definition) is 2.